The van der Waals surface area contributed by atoms with Crippen LogP contribution in [-0.4, -0.2) is 35.8 Å². The molecule has 5 atom stereocenters. The van der Waals surface area contributed by atoms with E-state index in [9.17, 15) is 9.90 Å². The van der Waals surface area contributed by atoms with Crippen molar-refractivity contribution in [2.24, 2.45) is 11.8 Å². The zero-order chi connectivity index (χ0) is 15.4. The number of aliphatic hydroxyl groups is 1. The van der Waals surface area contributed by atoms with Gasteiger partial charge in [0, 0.05) is 25.0 Å². The Kier molecular flexibility index (Phi) is 3.49. The number of Topliss-reactive ketones (excluding diaryl/α,β-unsaturated/α-hetero) is 1. The number of rotatable bonds is 2. The minimum atomic E-state index is -0.966. The van der Waals surface area contributed by atoms with E-state index in [-0.39, 0.29) is 23.4 Å². The summed E-state index contributed by atoms with van der Waals surface area (Å²) in [4.78, 5) is 12.3. The summed E-state index contributed by atoms with van der Waals surface area (Å²) in [5, 5.41) is 9.96. The Bertz CT molecular complexity index is 521. The zero-order valence-corrected chi connectivity index (χ0v) is 13.0. The monoisotopic (exact) mass is 292 g/mol. The summed E-state index contributed by atoms with van der Waals surface area (Å²) >= 11 is 0. The average Bonchev–Trinajstić information content (AvgIpc) is 2.77. The van der Waals surface area contributed by atoms with Crippen LogP contribution in [-0.2, 0) is 14.3 Å². The van der Waals surface area contributed by atoms with E-state index in [1.54, 1.807) is 7.11 Å². The van der Waals surface area contributed by atoms with Crippen molar-refractivity contribution in [3.8, 4) is 0 Å². The maximum absolute atomic E-state index is 12.3. The molecule has 21 heavy (non-hydrogen) atoms. The van der Waals surface area contributed by atoms with Crippen LogP contribution in [0.1, 0.15) is 39.5 Å². The van der Waals surface area contributed by atoms with E-state index in [1.165, 1.54) is 0 Å². The Morgan fingerprint density at radius 1 is 1.52 bits per heavy atom. The van der Waals surface area contributed by atoms with Gasteiger partial charge in [0.05, 0.1) is 0 Å². The maximum Gasteiger partial charge on any atom is 0.190 e. The van der Waals surface area contributed by atoms with Crippen LogP contribution in [0.15, 0.2) is 23.5 Å². The van der Waals surface area contributed by atoms with Gasteiger partial charge >= 0.3 is 0 Å². The van der Waals surface area contributed by atoms with Crippen LogP contribution in [0.2, 0.25) is 0 Å². The molecule has 116 valence electrons. The lowest BCUT2D eigenvalue weighted by atomic mass is 9.74. The third kappa shape index (κ3) is 2.16. The molecule has 3 aliphatic rings. The number of allylic oxidation sites excluding steroid dienone is 1. The van der Waals surface area contributed by atoms with Gasteiger partial charge in [-0.05, 0) is 39.0 Å². The smallest absolute Gasteiger partial charge is 0.190 e. The number of carbonyl (C=O) groups is 1. The summed E-state index contributed by atoms with van der Waals surface area (Å²) in [5.74, 6) is 1.12. The average molecular weight is 292 g/mol. The fourth-order valence-electron chi connectivity index (χ4n) is 4.27. The number of hydrogen-bond acceptors (Lipinski definition) is 4. The second-order valence-electron chi connectivity index (χ2n) is 6.90. The number of carbonyl (C=O) groups excluding carboxylic acids is 1. The fraction of sp³-hybridized carbons (Fsp3) is 0.706. The van der Waals surface area contributed by atoms with E-state index >= 15 is 0 Å². The lowest BCUT2D eigenvalue weighted by Crippen LogP contribution is -2.47. The number of ketones is 1. The van der Waals surface area contributed by atoms with E-state index in [0.29, 0.717) is 30.1 Å². The van der Waals surface area contributed by atoms with Crippen molar-refractivity contribution in [1.29, 1.82) is 0 Å². The molecule has 0 bridgehead atoms. The molecule has 4 nitrogen and oxygen atoms in total. The molecule has 0 unspecified atom stereocenters. The quantitative estimate of drug-likeness (QED) is 0.794. The van der Waals surface area contributed by atoms with Crippen molar-refractivity contribution in [2.45, 2.75) is 57.3 Å². The molecule has 1 aliphatic heterocycles. The van der Waals surface area contributed by atoms with Crippen molar-refractivity contribution in [3.63, 3.8) is 0 Å². The van der Waals surface area contributed by atoms with E-state index in [4.69, 9.17) is 9.47 Å². The van der Waals surface area contributed by atoms with Gasteiger partial charge in [-0.15, -0.1) is 0 Å². The summed E-state index contributed by atoms with van der Waals surface area (Å²) < 4.78 is 11.7. The van der Waals surface area contributed by atoms with Crippen LogP contribution in [0.4, 0.5) is 0 Å². The largest absolute Gasteiger partial charge is 0.488 e. The van der Waals surface area contributed by atoms with Gasteiger partial charge in [0.1, 0.15) is 23.6 Å². The Morgan fingerprint density at radius 3 is 2.86 bits per heavy atom. The van der Waals surface area contributed by atoms with E-state index in [1.807, 2.05) is 0 Å². The molecule has 0 amide bonds. The summed E-state index contributed by atoms with van der Waals surface area (Å²) in [7, 11) is 1.60. The van der Waals surface area contributed by atoms with Crippen LogP contribution < -0.4 is 0 Å². The first-order valence-corrected chi connectivity index (χ1v) is 7.70. The number of aliphatic hydroxyl groups excluding tert-OH is 1. The highest BCUT2D eigenvalue weighted by atomic mass is 16.5. The Hall–Kier alpha value is -1.13. The second-order valence-corrected chi connectivity index (χ2v) is 6.90. The first-order chi connectivity index (χ1) is 9.87. The molecule has 1 N–H and O–H groups in total. The van der Waals surface area contributed by atoms with Gasteiger partial charge in [-0.25, -0.2) is 0 Å². The van der Waals surface area contributed by atoms with E-state index in [2.05, 4.69) is 20.4 Å². The van der Waals surface area contributed by atoms with E-state index < -0.39 is 6.10 Å². The molecule has 0 spiro atoms. The summed E-state index contributed by atoms with van der Waals surface area (Å²) in [5.41, 5.74) is 1.54. The van der Waals surface area contributed by atoms with Crippen LogP contribution in [0, 0.1) is 11.8 Å². The van der Waals surface area contributed by atoms with Crippen molar-refractivity contribution in [3.05, 3.63) is 23.5 Å². The van der Waals surface area contributed by atoms with Crippen molar-refractivity contribution in [2.75, 3.05) is 7.11 Å². The number of ether oxygens (including phenoxy) is 2. The highest BCUT2D eigenvalue weighted by Crippen LogP contribution is 2.53. The molecule has 4 heteroatoms. The van der Waals surface area contributed by atoms with Crippen LogP contribution >= 0.6 is 0 Å². The van der Waals surface area contributed by atoms with Gasteiger partial charge in [0.2, 0.25) is 0 Å². The SMILES string of the molecule is C=C(C)[C@@H]1CC[C@]2(C)OC3=C(C[C@H]12)C(=O)[C@@H](O)C[C@@H]3OC. The molecule has 0 aromatic carbocycles. The van der Waals surface area contributed by atoms with Crippen LogP contribution in [0.25, 0.3) is 0 Å². The van der Waals surface area contributed by atoms with Gasteiger partial charge in [0.15, 0.2) is 5.78 Å². The molecule has 2 aliphatic carbocycles. The predicted molar refractivity (Wildman–Crippen MR) is 78.6 cm³/mol. The summed E-state index contributed by atoms with van der Waals surface area (Å²) in [6.45, 7) is 8.28. The molecule has 1 fully saturated rings. The highest BCUT2D eigenvalue weighted by molar-refractivity contribution is 6.00. The Balaban J connectivity index is 1.99. The Morgan fingerprint density at radius 2 is 2.24 bits per heavy atom. The van der Waals surface area contributed by atoms with Crippen molar-refractivity contribution in [1.82, 2.24) is 0 Å². The molecule has 3 rings (SSSR count). The lowest BCUT2D eigenvalue weighted by Gasteiger charge is -2.44. The van der Waals surface area contributed by atoms with E-state index in [0.717, 1.165) is 18.4 Å². The number of methoxy groups -OCH3 is 1. The van der Waals surface area contributed by atoms with Gasteiger partial charge in [-0.2, -0.15) is 0 Å². The predicted octanol–water partition coefficient (Wildman–Crippen LogP) is 2.37. The summed E-state index contributed by atoms with van der Waals surface area (Å²) in [6, 6.07) is 0. The highest BCUT2D eigenvalue weighted by Gasteiger charge is 2.53. The van der Waals surface area contributed by atoms with Crippen molar-refractivity contribution < 1.29 is 19.4 Å². The van der Waals surface area contributed by atoms with Gasteiger partial charge in [0.25, 0.3) is 0 Å². The first kappa shape index (κ1) is 14.8. The van der Waals surface area contributed by atoms with Gasteiger partial charge in [-0.1, -0.05) is 12.2 Å². The van der Waals surface area contributed by atoms with Gasteiger partial charge < -0.3 is 14.6 Å². The third-order valence-electron chi connectivity index (χ3n) is 5.53. The first-order valence-electron chi connectivity index (χ1n) is 7.70. The fourth-order valence-corrected chi connectivity index (χ4v) is 4.27. The van der Waals surface area contributed by atoms with Crippen molar-refractivity contribution >= 4 is 5.78 Å². The lowest BCUT2D eigenvalue weighted by molar-refractivity contribution is -0.134. The maximum atomic E-state index is 12.3. The zero-order valence-electron chi connectivity index (χ0n) is 13.0. The van der Waals surface area contributed by atoms with Crippen LogP contribution in [0.3, 0.4) is 0 Å². The van der Waals surface area contributed by atoms with Gasteiger partial charge in [-0.3, -0.25) is 4.79 Å². The van der Waals surface area contributed by atoms with Crippen LogP contribution in [0.5, 0.6) is 0 Å². The molecular weight excluding hydrogens is 268 g/mol. The molecule has 0 aromatic rings. The molecule has 0 saturated heterocycles. The number of fused-ring (bicyclic) bond motifs is 1. The normalized spacial score (nSPS) is 42.4. The summed E-state index contributed by atoms with van der Waals surface area (Å²) in [6.07, 6.45) is 1.70. The molecule has 0 radical (unpaired) electrons. The molecular formula is C17H24O4. The third-order valence-corrected chi connectivity index (χ3v) is 5.53. The minimum Gasteiger partial charge on any atom is -0.488 e. The molecule has 1 heterocycles. The molecule has 0 aromatic heterocycles. The Labute approximate surface area is 125 Å². The number of hydrogen-bond donors (Lipinski definition) is 1. The topological polar surface area (TPSA) is 55.8 Å². The second kappa shape index (κ2) is 4.96. The molecule has 1 saturated carbocycles. The standard InChI is InChI=1S/C17H24O4/c1-9(2)10-5-6-17(3)12(10)7-11-15(19)13(18)8-14(20-4)16(11)21-17/h10,12-14,18H,1,5-8H2,2-4H3/t10-,12+,13-,14-,17-/m0/s1. The minimum absolute atomic E-state index is 0.187.